The van der Waals surface area contributed by atoms with E-state index in [1.54, 1.807) is 11.0 Å². The number of nitrogens with one attached hydrogen (secondary N) is 1. The van der Waals surface area contributed by atoms with Gasteiger partial charge in [-0.3, -0.25) is 4.98 Å². The summed E-state index contributed by atoms with van der Waals surface area (Å²) >= 11 is 0. The van der Waals surface area contributed by atoms with E-state index in [1.807, 2.05) is 27.7 Å². The van der Waals surface area contributed by atoms with Gasteiger partial charge >= 0.3 is 12.1 Å². The van der Waals surface area contributed by atoms with Crippen molar-refractivity contribution in [1.82, 2.24) is 15.2 Å². The summed E-state index contributed by atoms with van der Waals surface area (Å²) in [4.78, 5) is 29.4. The Labute approximate surface area is 154 Å². The van der Waals surface area contributed by atoms with Crippen molar-refractivity contribution in [2.24, 2.45) is 0 Å². The average molecular weight is 363 g/mol. The first-order chi connectivity index (χ1) is 12.2. The van der Waals surface area contributed by atoms with Gasteiger partial charge in [0, 0.05) is 31.4 Å². The van der Waals surface area contributed by atoms with Crippen molar-refractivity contribution in [3.8, 4) is 0 Å². The van der Waals surface area contributed by atoms with Crippen molar-refractivity contribution in [3.63, 3.8) is 0 Å². The lowest BCUT2D eigenvalue weighted by Crippen LogP contribution is -2.38. The standard InChI is InChI=1S/C19H29N3O4/c1-13(16-12-14(17(23)24)7-9-20-16)21-15-6-5-10-22(11-8-15)18(25)26-19(2,3)4/h7,9,12-13,15,21H,5-6,8,10-11H2,1-4H3,(H,23,24). The molecule has 1 aromatic heterocycles. The number of likely N-dealkylation sites (tertiary alicyclic amines) is 1. The number of pyridine rings is 1. The fraction of sp³-hybridized carbons (Fsp3) is 0.632. The minimum Gasteiger partial charge on any atom is -0.478 e. The van der Waals surface area contributed by atoms with Crippen molar-refractivity contribution in [1.29, 1.82) is 0 Å². The third-order valence-corrected chi connectivity index (χ3v) is 4.34. The van der Waals surface area contributed by atoms with Crippen molar-refractivity contribution < 1.29 is 19.4 Å². The van der Waals surface area contributed by atoms with Gasteiger partial charge in [0.15, 0.2) is 0 Å². The Morgan fingerprint density at radius 2 is 2.08 bits per heavy atom. The number of aromatic nitrogens is 1. The first-order valence-corrected chi connectivity index (χ1v) is 9.09. The SMILES string of the molecule is CC(NC1CCCN(C(=O)OC(C)(C)C)CC1)c1cc(C(=O)O)ccn1. The number of carboxylic acid groups (broad SMARTS) is 1. The average Bonchev–Trinajstić information content (AvgIpc) is 2.79. The molecule has 0 aromatic carbocycles. The number of carbonyl (C=O) groups excluding carboxylic acids is 1. The highest BCUT2D eigenvalue weighted by atomic mass is 16.6. The van der Waals surface area contributed by atoms with Crippen LogP contribution in [0.2, 0.25) is 0 Å². The maximum Gasteiger partial charge on any atom is 0.410 e. The van der Waals surface area contributed by atoms with E-state index in [4.69, 9.17) is 9.84 Å². The Morgan fingerprint density at radius 3 is 2.73 bits per heavy atom. The van der Waals surface area contributed by atoms with Gasteiger partial charge in [-0.1, -0.05) is 0 Å². The molecule has 1 amide bonds. The molecular weight excluding hydrogens is 334 g/mol. The Bertz CT molecular complexity index is 642. The molecular formula is C19H29N3O4. The second-order valence-electron chi connectivity index (χ2n) is 7.76. The highest BCUT2D eigenvalue weighted by Gasteiger charge is 2.26. The van der Waals surface area contributed by atoms with Crippen molar-refractivity contribution in [2.75, 3.05) is 13.1 Å². The lowest BCUT2D eigenvalue weighted by atomic mass is 10.1. The van der Waals surface area contributed by atoms with E-state index < -0.39 is 11.6 Å². The molecule has 2 atom stereocenters. The fourth-order valence-electron chi connectivity index (χ4n) is 3.03. The van der Waals surface area contributed by atoms with Gasteiger partial charge in [0.1, 0.15) is 5.60 Å². The van der Waals surface area contributed by atoms with Crippen molar-refractivity contribution in [2.45, 2.75) is 64.6 Å². The van der Waals surface area contributed by atoms with E-state index >= 15 is 0 Å². The van der Waals surface area contributed by atoms with Crippen LogP contribution in [0.3, 0.4) is 0 Å². The van der Waals surface area contributed by atoms with Gasteiger partial charge in [-0.2, -0.15) is 0 Å². The maximum absolute atomic E-state index is 12.2. The summed E-state index contributed by atoms with van der Waals surface area (Å²) in [7, 11) is 0. The van der Waals surface area contributed by atoms with E-state index in [1.165, 1.54) is 12.3 Å². The number of ether oxygens (including phenoxy) is 1. The molecule has 0 spiro atoms. The third kappa shape index (κ3) is 5.98. The van der Waals surface area contributed by atoms with Crippen LogP contribution in [-0.4, -0.2) is 51.8 Å². The zero-order chi connectivity index (χ0) is 19.3. The second-order valence-corrected chi connectivity index (χ2v) is 7.76. The maximum atomic E-state index is 12.2. The van der Waals surface area contributed by atoms with Crippen LogP contribution in [-0.2, 0) is 4.74 Å². The number of nitrogens with zero attached hydrogens (tertiary/aromatic N) is 2. The summed E-state index contributed by atoms with van der Waals surface area (Å²) in [6.45, 7) is 8.91. The van der Waals surface area contributed by atoms with Gasteiger partial charge in [-0.05, 0) is 59.1 Å². The van der Waals surface area contributed by atoms with Crippen LogP contribution in [0, 0.1) is 0 Å². The Morgan fingerprint density at radius 1 is 1.35 bits per heavy atom. The molecule has 2 heterocycles. The molecule has 7 nitrogen and oxygen atoms in total. The van der Waals surface area contributed by atoms with Crippen LogP contribution in [0.1, 0.15) is 69.1 Å². The first-order valence-electron chi connectivity index (χ1n) is 9.09. The number of hydrogen-bond donors (Lipinski definition) is 2. The van der Waals surface area contributed by atoms with Gasteiger partial charge in [0.2, 0.25) is 0 Å². The van der Waals surface area contributed by atoms with Crippen LogP contribution in [0.4, 0.5) is 4.79 Å². The molecule has 7 heteroatoms. The highest BCUT2D eigenvalue weighted by Crippen LogP contribution is 2.19. The van der Waals surface area contributed by atoms with Crippen molar-refractivity contribution >= 4 is 12.1 Å². The van der Waals surface area contributed by atoms with Gasteiger partial charge < -0.3 is 20.1 Å². The topological polar surface area (TPSA) is 91.8 Å². The van der Waals surface area contributed by atoms with E-state index in [0.29, 0.717) is 18.8 Å². The summed E-state index contributed by atoms with van der Waals surface area (Å²) in [6.07, 6.45) is 3.92. The smallest absolute Gasteiger partial charge is 0.410 e. The van der Waals surface area contributed by atoms with Crippen LogP contribution in [0.15, 0.2) is 18.3 Å². The van der Waals surface area contributed by atoms with Crippen LogP contribution in [0.25, 0.3) is 0 Å². The quantitative estimate of drug-likeness (QED) is 0.853. The van der Waals surface area contributed by atoms with E-state index in [2.05, 4.69) is 10.3 Å². The monoisotopic (exact) mass is 363 g/mol. The molecule has 0 aliphatic carbocycles. The Hall–Kier alpha value is -2.15. The summed E-state index contributed by atoms with van der Waals surface area (Å²) in [5, 5.41) is 12.6. The molecule has 1 aromatic rings. The Kier molecular flexibility index (Phi) is 6.58. The minimum atomic E-state index is -0.955. The molecule has 0 saturated carbocycles. The van der Waals surface area contributed by atoms with Crippen LogP contribution < -0.4 is 5.32 Å². The largest absolute Gasteiger partial charge is 0.478 e. The molecule has 1 aliphatic heterocycles. The predicted octanol–water partition coefficient (Wildman–Crippen LogP) is 3.22. The minimum absolute atomic E-state index is 0.0626. The molecule has 144 valence electrons. The number of hydrogen-bond acceptors (Lipinski definition) is 5. The normalized spacial score (nSPS) is 19.5. The fourth-order valence-corrected chi connectivity index (χ4v) is 3.03. The van der Waals surface area contributed by atoms with Crippen molar-refractivity contribution in [3.05, 3.63) is 29.6 Å². The second kappa shape index (κ2) is 8.49. The summed E-state index contributed by atoms with van der Waals surface area (Å²) < 4.78 is 5.45. The lowest BCUT2D eigenvalue weighted by molar-refractivity contribution is 0.0255. The van der Waals surface area contributed by atoms with E-state index in [-0.39, 0.29) is 23.7 Å². The molecule has 2 N–H and O–H groups in total. The zero-order valence-electron chi connectivity index (χ0n) is 16.0. The number of aromatic carboxylic acids is 1. The van der Waals surface area contributed by atoms with Crippen LogP contribution in [0.5, 0.6) is 0 Å². The number of carboxylic acids is 1. The Balaban J connectivity index is 1.92. The van der Waals surface area contributed by atoms with Gasteiger partial charge in [-0.25, -0.2) is 9.59 Å². The van der Waals surface area contributed by atoms with Crippen LogP contribution >= 0.6 is 0 Å². The van der Waals surface area contributed by atoms with Gasteiger partial charge in [0.05, 0.1) is 11.3 Å². The predicted molar refractivity (Wildman–Crippen MR) is 98.2 cm³/mol. The van der Waals surface area contributed by atoms with Gasteiger partial charge in [0.25, 0.3) is 0 Å². The molecule has 26 heavy (non-hydrogen) atoms. The lowest BCUT2D eigenvalue weighted by Gasteiger charge is -2.26. The third-order valence-electron chi connectivity index (χ3n) is 4.34. The molecule has 2 rings (SSSR count). The summed E-state index contributed by atoms with van der Waals surface area (Å²) in [6, 6.07) is 3.27. The summed E-state index contributed by atoms with van der Waals surface area (Å²) in [5.74, 6) is -0.955. The molecule has 1 fully saturated rings. The molecule has 0 bridgehead atoms. The number of rotatable bonds is 4. The number of amides is 1. The highest BCUT2D eigenvalue weighted by molar-refractivity contribution is 5.87. The molecule has 2 unspecified atom stereocenters. The van der Waals surface area contributed by atoms with E-state index in [0.717, 1.165) is 19.3 Å². The zero-order valence-corrected chi connectivity index (χ0v) is 16.0. The summed E-state index contributed by atoms with van der Waals surface area (Å²) in [5.41, 5.74) is 0.454. The first kappa shape index (κ1) is 20.2. The number of carbonyl (C=O) groups is 2. The van der Waals surface area contributed by atoms with Gasteiger partial charge in [-0.15, -0.1) is 0 Å². The molecule has 0 radical (unpaired) electrons. The van der Waals surface area contributed by atoms with E-state index in [9.17, 15) is 9.59 Å². The molecule has 1 saturated heterocycles. The molecule has 1 aliphatic rings.